The number of carbonyl (C=O) groups is 4. The van der Waals surface area contributed by atoms with Crippen LogP contribution in [0.1, 0.15) is 26.3 Å². The van der Waals surface area contributed by atoms with Crippen molar-refractivity contribution in [2.45, 2.75) is 33.0 Å². The second kappa shape index (κ2) is 13.7. The van der Waals surface area contributed by atoms with E-state index in [-0.39, 0.29) is 43.7 Å². The van der Waals surface area contributed by atoms with Crippen molar-refractivity contribution in [3.8, 4) is 0 Å². The number of nitrogens with one attached hydrogen (secondary N) is 3. The van der Waals surface area contributed by atoms with Crippen molar-refractivity contribution >= 4 is 35.6 Å². The fraction of sp³-hybridized carbons (Fsp3) is 0.560. The molecule has 2 fully saturated rings. The van der Waals surface area contributed by atoms with Gasteiger partial charge < -0.3 is 19.5 Å². The van der Waals surface area contributed by atoms with Crippen molar-refractivity contribution in [2.75, 3.05) is 63.9 Å². The van der Waals surface area contributed by atoms with Crippen LogP contribution in [0.3, 0.4) is 0 Å². The molecule has 0 aliphatic carbocycles. The lowest BCUT2D eigenvalue weighted by Gasteiger charge is -2.34. The SMILES string of the molecule is CCOC(=O)CNC(=O)NC(=N)c1ccc(N2CC(CN3CCN(CC(=O)OC(C)C)CC3)OC2=O)cc1. The largest absolute Gasteiger partial charge is 0.465 e. The quantitative estimate of drug-likeness (QED) is 0.172. The van der Waals surface area contributed by atoms with Gasteiger partial charge in [0.25, 0.3) is 0 Å². The number of cyclic esters (lactones) is 1. The molecule has 0 spiro atoms. The molecule has 0 bridgehead atoms. The molecular weight excluding hydrogens is 496 g/mol. The maximum atomic E-state index is 12.5. The number of urea groups is 1. The van der Waals surface area contributed by atoms with Crippen LogP contribution in [0.4, 0.5) is 15.3 Å². The third-order valence-electron chi connectivity index (χ3n) is 5.93. The summed E-state index contributed by atoms with van der Waals surface area (Å²) in [6, 6.07) is 5.90. The van der Waals surface area contributed by atoms with Gasteiger partial charge in [0, 0.05) is 44.0 Å². The number of ether oxygens (including phenoxy) is 3. The Kier molecular flexibility index (Phi) is 10.4. The Hall–Kier alpha value is -3.71. The van der Waals surface area contributed by atoms with Crippen LogP contribution in [0, 0.1) is 5.41 Å². The summed E-state index contributed by atoms with van der Waals surface area (Å²) < 4.78 is 15.5. The molecule has 1 atom stereocenters. The van der Waals surface area contributed by atoms with Crippen LogP contribution in [0.2, 0.25) is 0 Å². The zero-order valence-electron chi connectivity index (χ0n) is 22.0. The lowest BCUT2D eigenvalue weighted by atomic mass is 10.1. The van der Waals surface area contributed by atoms with Gasteiger partial charge in [-0.05, 0) is 45.0 Å². The number of nitrogens with zero attached hydrogens (tertiary/aromatic N) is 3. The van der Waals surface area contributed by atoms with Gasteiger partial charge in [0.1, 0.15) is 18.5 Å². The van der Waals surface area contributed by atoms with E-state index in [1.165, 1.54) is 4.90 Å². The molecule has 3 amide bonds. The van der Waals surface area contributed by atoms with E-state index in [2.05, 4.69) is 20.4 Å². The summed E-state index contributed by atoms with van der Waals surface area (Å²) in [5, 5.41) is 12.7. The van der Waals surface area contributed by atoms with Crippen LogP contribution in [-0.4, -0.2) is 111 Å². The van der Waals surface area contributed by atoms with Gasteiger partial charge in [-0.25, -0.2) is 9.59 Å². The van der Waals surface area contributed by atoms with Gasteiger partial charge >= 0.3 is 24.1 Å². The average molecular weight is 533 g/mol. The number of amides is 3. The highest BCUT2D eigenvalue weighted by atomic mass is 16.6. The van der Waals surface area contributed by atoms with Gasteiger partial charge in [0.05, 0.1) is 25.8 Å². The molecule has 1 aromatic rings. The molecule has 2 saturated heterocycles. The topological polar surface area (TPSA) is 154 Å². The Bertz CT molecular complexity index is 1010. The van der Waals surface area contributed by atoms with Gasteiger partial charge in [-0.3, -0.25) is 35.0 Å². The third-order valence-corrected chi connectivity index (χ3v) is 5.93. The molecule has 2 aliphatic rings. The van der Waals surface area contributed by atoms with Gasteiger partial charge in [0.15, 0.2) is 0 Å². The van der Waals surface area contributed by atoms with Crippen LogP contribution < -0.4 is 15.5 Å². The van der Waals surface area contributed by atoms with Crippen molar-refractivity contribution < 1.29 is 33.4 Å². The summed E-state index contributed by atoms with van der Waals surface area (Å²) in [6.07, 6.45) is -0.855. The van der Waals surface area contributed by atoms with Gasteiger partial charge in [-0.1, -0.05) is 0 Å². The maximum absolute atomic E-state index is 12.5. The minimum Gasteiger partial charge on any atom is -0.465 e. The molecule has 0 saturated carbocycles. The Balaban J connectivity index is 1.43. The van der Waals surface area contributed by atoms with Gasteiger partial charge in [0.2, 0.25) is 0 Å². The maximum Gasteiger partial charge on any atom is 0.414 e. The van der Waals surface area contributed by atoms with Crippen molar-refractivity contribution in [2.24, 2.45) is 0 Å². The number of hydrogen-bond acceptors (Lipinski definition) is 10. The van der Waals surface area contributed by atoms with Crippen molar-refractivity contribution in [1.29, 1.82) is 5.41 Å². The first-order valence-corrected chi connectivity index (χ1v) is 12.7. The van der Waals surface area contributed by atoms with E-state index in [0.717, 1.165) is 26.2 Å². The van der Waals surface area contributed by atoms with Crippen LogP contribution in [0.25, 0.3) is 0 Å². The number of esters is 2. The highest BCUT2D eigenvalue weighted by Crippen LogP contribution is 2.23. The van der Waals surface area contributed by atoms with Crippen LogP contribution in [0.15, 0.2) is 24.3 Å². The lowest BCUT2D eigenvalue weighted by Crippen LogP contribution is -2.50. The second-order valence-electron chi connectivity index (χ2n) is 9.27. The summed E-state index contributed by atoms with van der Waals surface area (Å²) >= 11 is 0. The first kappa shape index (κ1) is 28.9. The fourth-order valence-electron chi connectivity index (χ4n) is 4.13. The number of benzene rings is 1. The van der Waals surface area contributed by atoms with E-state index in [1.54, 1.807) is 31.2 Å². The molecule has 0 radical (unpaired) electrons. The Morgan fingerprint density at radius 3 is 2.37 bits per heavy atom. The van der Waals surface area contributed by atoms with Crippen molar-refractivity contribution in [3.05, 3.63) is 29.8 Å². The zero-order chi connectivity index (χ0) is 27.7. The second-order valence-corrected chi connectivity index (χ2v) is 9.27. The lowest BCUT2D eigenvalue weighted by molar-refractivity contribution is -0.149. The monoisotopic (exact) mass is 532 g/mol. The molecule has 2 aliphatic heterocycles. The molecule has 13 heteroatoms. The molecule has 13 nitrogen and oxygen atoms in total. The first-order chi connectivity index (χ1) is 18.1. The summed E-state index contributed by atoms with van der Waals surface area (Å²) in [6.45, 7) is 9.51. The van der Waals surface area contributed by atoms with E-state index in [0.29, 0.717) is 24.3 Å². The highest BCUT2D eigenvalue weighted by Gasteiger charge is 2.34. The summed E-state index contributed by atoms with van der Waals surface area (Å²) in [5.41, 5.74) is 1.05. The van der Waals surface area contributed by atoms with Gasteiger partial charge in [-0.15, -0.1) is 0 Å². The predicted molar refractivity (Wildman–Crippen MR) is 138 cm³/mol. The number of piperazine rings is 1. The molecule has 2 heterocycles. The number of carbonyl (C=O) groups excluding carboxylic acids is 4. The standard InChI is InChI=1S/C25H36N6O7/c1-4-36-21(32)13-27-24(34)28-23(26)18-5-7-19(8-6-18)31-15-20(38-25(31)35)14-29-9-11-30(12-10-29)16-22(33)37-17(2)3/h5-8,17,20H,4,9-16H2,1-3H3,(H3,26,27,28,34). The highest BCUT2D eigenvalue weighted by molar-refractivity contribution is 6.06. The minimum atomic E-state index is -0.700. The molecule has 3 N–H and O–H groups in total. The average Bonchev–Trinajstić information content (AvgIpc) is 3.23. The molecule has 3 rings (SSSR count). The smallest absolute Gasteiger partial charge is 0.414 e. The van der Waals surface area contributed by atoms with Crippen LogP contribution >= 0.6 is 0 Å². The summed E-state index contributed by atoms with van der Waals surface area (Å²) in [4.78, 5) is 53.4. The normalized spacial score (nSPS) is 18.2. The Morgan fingerprint density at radius 1 is 1.08 bits per heavy atom. The molecular formula is C25H36N6O7. The minimum absolute atomic E-state index is 0.126. The van der Waals surface area contributed by atoms with Gasteiger partial charge in [-0.2, -0.15) is 0 Å². The number of anilines is 1. The van der Waals surface area contributed by atoms with E-state index in [9.17, 15) is 19.2 Å². The van der Waals surface area contributed by atoms with Crippen LogP contribution in [0.5, 0.6) is 0 Å². The van der Waals surface area contributed by atoms with Crippen molar-refractivity contribution in [1.82, 2.24) is 20.4 Å². The van der Waals surface area contributed by atoms with E-state index in [4.69, 9.17) is 19.6 Å². The molecule has 0 aromatic heterocycles. The third kappa shape index (κ3) is 8.70. The first-order valence-electron chi connectivity index (χ1n) is 12.7. The summed E-state index contributed by atoms with van der Waals surface area (Å²) in [7, 11) is 0. The Morgan fingerprint density at radius 2 is 1.74 bits per heavy atom. The van der Waals surface area contributed by atoms with Crippen molar-refractivity contribution in [3.63, 3.8) is 0 Å². The molecule has 208 valence electrons. The number of hydrogen-bond donors (Lipinski definition) is 3. The van der Waals surface area contributed by atoms with Crippen LogP contribution in [-0.2, 0) is 23.8 Å². The van der Waals surface area contributed by atoms with E-state index < -0.39 is 18.1 Å². The molecule has 38 heavy (non-hydrogen) atoms. The predicted octanol–water partition coefficient (Wildman–Crippen LogP) is 0.769. The summed E-state index contributed by atoms with van der Waals surface area (Å²) in [5.74, 6) is -0.945. The van der Waals surface area contributed by atoms with E-state index >= 15 is 0 Å². The number of amidine groups is 1. The fourth-order valence-corrected chi connectivity index (χ4v) is 4.13. The zero-order valence-corrected chi connectivity index (χ0v) is 22.0. The molecule has 1 unspecified atom stereocenters. The number of rotatable bonds is 10. The molecule has 1 aromatic carbocycles. The van der Waals surface area contributed by atoms with E-state index in [1.807, 2.05) is 13.8 Å². The Labute approximate surface area is 221 Å².